The summed E-state index contributed by atoms with van der Waals surface area (Å²) in [5.41, 5.74) is 1.34. The molecule has 0 unspecified atom stereocenters. The van der Waals surface area contributed by atoms with Crippen LogP contribution in [0.4, 0.5) is 0 Å². The van der Waals surface area contributed by atoms with Gasteiger partial charge in [0, 0.05) is 18.0 Å². The molecule has 2 heterocycles. The first kappa shape index (κ1) is 15.1. The predicted octanol–water partition coefficient (Wildman–Crippen LogP) is 2.94. The number of benzene rings is 1. The van der Waals surface area contributed by atoms with Crippen molar-refractivity contribution in [2.24, 2.45) is 10.1 Å². The number of hydrogen-bond acceptors (Lipinski definition) is 6. The number of aromatic nitrogens is 1. The molecule has 0 saturated carbocycles. The third-order valence-electron chi connectivity index (χ3n) is 3.20. The molecule has 0 amide bonds. The zero-order valence-electron chi connectivity index (χ0n) is 12.6. The smallest absolute Gasteiger partial charge is 0.206 e. The van der Waals surface area contributed by atoms with E-state index in [1.54, 1.807) is 49.5 Å². The highest BCUT2D eigenvalue weighted by Crippen LogP contribution is 2.23. The van der Waals surface area contributed by atoms with E-state index in [1.165, 1.54) is 11.3 Å². The number of aromatic hydroxyl groups is 1. The van der Waals surface area contributed by atoms with Crippen LogP contribution in [0, 0.1) is 0 Å². The van der Waals surface area contributed by atoms with Gasteiger partial charge < -0.3 is 14.3 Å². The molecule has 118 valence electrons. The van der Waals surface area contributed by atoms with Crippen molar-refractivity contribution in [1.82, 2.24) is 4.68 Å². The van der Waals surface area contributed by atoms with Gasteiger partial charge in [0.25, 0.3) is 0 Å². The number of methoxy groups -OCH3 is 1. The quantitative estimate of drug-likeness (QED) is 0.748. The highest BCUT2D eigenvalue weighted by Gasteiger charge is 2.09. The molecule has 1 N–H and O–H groups in total. The van der Waals surface area contributed by atoms with Crippen molar-refractivity contribution < 1.29 is 14.3 Å². The van der Waals surface area contributed by atoms with Crippen LogP contribution in [0.15, 0.2) is 56.5 Å². The molecular formula is C16H15N3O3S. The van der Waals surface area contributed by atoms with Crippen LogP contribution in [-0.4, -0.2) is 30.2 Å². The van der Waals surface area contributed by atoms with Crippen molar-refractivity contribution in [2.75, 3.05) is 14.2 Å². The van der Waals surface area contributed by atoms with Gasteiger partial charge in [-0.1, -0.05) is 0 Å². The van der Waals surface area contributed by atoms with Crippen LogP contribution in [-0.2, 0) is 0 Å². The van der Waals surface area contributed by atoms with Crippen molar-refractivity contribution >= 4 is 17.6 Å². The van der Waals surface area contributed by atoms with E-state index in [0.717, 1.165) is 10.5 Å². The van der Waals surface area contributed by atoms with Crippen molar-refractivity contribution in [3.8, 4) is 23.0 Å². The Hall–Kier alpha value is -2.80. The highest BCUT2D eigenvalue weighted by atomic mass is 32.1. The summed E-state index contributed by atoms with van der Waals surface area (Å²) in [5.74, 6) is 1.47. The predicted molar refractivity (Wildman–Crippen MR) is 89.1 cm³/mol. The Balaban J connectivity index is 2.05. The molecule has 0 fully saturated rings. The van der Waals surface area contributed by atoms with Crippen LogP contribution in [0.1, 0.15) is 5.56 Å². The lowest BCUT2D eigenvalue weighted by molar-refractivity contribution is 0.412. The Kier molecular flexibility index (Phi) is 4.29. The first-order valence-corrected chi connectivity index (χ1v) is 7.69. The summed E-state index contributed by atoms with van der Waals surface area (Å²) in [4.78, 5) is 4.93. The molecule has 2 aromatic heterocycles. The lowest BCUT2D eigenvalue weighted by atomic mass is 10.2. The lowest BCUT2D eigenvalue weighted by Gasteiger charge is -2.04. The largest absolute Gasteiger partial charge is 0.507 e. The fourth-order valence-corrected chi connectivity index (χ4v) is 2.82. The summed E-state index contributed by atoms with van der Waals surface area (Å²) in [6.45, 7) is 0. The Bertz CT molecular complexity index is 892. The molecule has 3 aromatic rings. The van der Waals surface area contributed by atoms with E-state index in [-0.39, 0.29) is 5.75 Å². The normalized spacial score (nSPS) is 12.2. The summed E-state index contributed by atoms with van der Waals surface area (Å²) < 4.78 is 12.3. The summed E-state index contributed by atoms with van der Waals surface area (Å²) in [6, 6.07) is 8.64. The minimum absolute atomic E-state index is 0.125. The number of phenols is 1. The maximum Gasteiger partial charge on any atom is 0.206 e. The van der Waals surface area contributed by atoms with E-state index in [0.29, 0.717) is 17.1 Å². The molecule has 1 aromatic carbocycles. The fourth-order valence-electron chi connectivity index (χ4n) is 2.04. The molecule has 0 atom stereocenters. The van der Waals surface area contributed by atoms with E-state index < -0.39 is 0 Å². The topological polar surface area (TPSA) is 72.2 Å². The number of rotatable bonds is 4. The monoisotopic (exact) mass is 329 g/mol. The van der Waals surface area contributed by atoms with Crippen LogP contribution in [0.3, 0.4) is 0 Å². The third-order valence-corrected chi connectivity index (χ3v) is 4.10. The zero-order valence-corrected chi connectivity index (χ0v) is 13.4. The first-order chi connectivity index (χ1) is 11.2. The molecule has 3 rings (SSSR count). The van der Waals surface area contributed by atoms with Gasteiger partial charge >= 0.3 is 0 Å². The Morgan fingerprint density at radius 1 is 1.35 bits per heavy atom. The average Bonchev–Trinajstić information content (AvgIpc) is 3.22. The molecule has 23 heavy (non-hydrogen) atoms. The van der Waals surface area contributed by atoms with Crippen LogP contribution < -0.4 is 9.54 Å². The summed E-state index contributed by atoms with van der Waals surface area (Å²) >= 11 is 1.46. The SMILES string of the molecule is CN=c1scc(-c2ccco2)n1N=Cc1cc(OC)ccc1O. The number of furan rings is 1. The van der Waals surface area contributed by atoms with Crippen LogP contribution in [0.2, 0.25) is 0 Å². The van der Waals surface area contributed by atoms with E-state index in [1.807, 2.05) is 17.5 Å². The van der Waals surface area contributed by atoms with Gasteiger partial charge in [-0.25, -0.2) is 4.68 Å². The number of nitrogens with zero attached hydrogens (tertiary/aromatic N) is 3. The number of ether oxygens (including phenoxy) is 1. The van der Waals surface area contributed by atoms with Crippen LogP contribution in [0.25, 0.3) is 11.5 Å². The number of phenolic OH excluding ortho intramolecular Hbond substituents is 1. The second-order valence-electron chi connectivity index (χ2n) is 4.59. The number of thiazole rings is 1. The van der Waals surface area contributed by atoms with Gasteiger partial charge in [-0.3, -0.25) is 4.99 Å². The van der Waals surface area contributed by atoms with E-state index in [2.05, 4.69) is 10.1 Å². The molecule has 0 spiro atoms. The van der Waals surface area contributed by atoms with E-state index >= 15 is 0 Å². The van der Waals surface area contributed by atoms with Crippen molar-refractivity contribution in [2.45, 2.75) is 0 Å². The highest BCUT2D eigenvalue weighted by molar-refractivity contribution is 7.07. The second-order valence-corrected chi connectivity index (χ2v) is 5.42. The Morgan fingerprint density at radius 2 is 2.22 bits per heavy atom. The average molecular weight is 329 g/mol. The van der Waals surface area contributed by atoms with Gasteiger partial charge in [-0.05, 0) is 30.3 Å². The van der Waals surface area contributed by atoms with Crippen molar-refractivity contribution in [3.05, 3.63) is 52.3 Å². The molecule has 0 aliphatic rings. The van der Waals surface area contributed by atoms with Crippen molar-refractivity contribution in [1.29, 1.82) is 0 Å². The molecule has 0 aliphatic heterocycles. The molecule has 6 nitrogen and oxygen atoms in total. The zero-order chi connectivity index (χ0) is 16.2. The minimum atomic E-state index is 0.125. The molecule has 7 heteroatoms. The fraction of sp³-hybridized carbons (Fsp3) is 0.125. The standard InChI is InChI=1S/C16H15N3O3S/c1-17-16-19(13(10-23-16)15-4-3-7-22-15)18-9-11-8-12(21-2)5-6-14(11)20/h3-10,20H,1-2H3. The first-order valence-electron chi connectivity index (χ1n) is 6.81. The van der Waals surface area contributed by atoms with Gasteiger partial charge in [-0.2, -0.15) is 5.10 Å². The van der Waals surface area contributed by atoms with Crippen LogP contribution in [0.5, 0.6) is 11.5 Å². The van der Waals surface area contributed by atoms with Gasteiger partial charge in [0.05, 0.1) is 19.6 Å². The second kappa shape index (κ2) is 6.53. The van der Waals surface area contributed by atoms with Crippen molar-refractivity contribution in [3.63, 3.8) is 0 Å². The minimum Gasteiger partial charge on any atom is -0.507 e. The number of hydrogen-bond donors (Lipinski definition) is 1. The van der Waals surface area contributed by atoms with Gasteiger partial charge in [0.1, 0.15) is 17.2 Å². The van der Waals surface area contributed by atoms with E-state index in [9.17, 15) is 5.11 Å². The van der Waals surface area contributed by atoms with E-state index in [4.69, 9.17) is 9.15 Å². The van der Waals surface area contributed by atoms with Gasteiger partial charge in [0.2, 0.25) is 4.80 Å². The summed E-state index contributed by atoms with van der Waals surface area (Å²) in [5, 5.41) is 16.3. The molecule has 0 radical (unpaired) electrons. The molecule has 0 saturated heterocycles. The van der Waals surface area contributed by atoms with Gasteiger partial charge in [0.15, 0.2) is 5.76 Å². The lowest BCUT2D eigenvalue weighted by Crippen LogP contribution is -2.11. The van der Waals surface area contributed by atoms with Crippen LogP contribution >= 0.6 is 11.3 Å². The maximum absolute atomic E-state index is 9.94. The Labute approximate surface area is 136 Å². The molecule has 0 bridgehead atoms. The van der Waals surface area contributed by atoms with Gasteiger partial charge in [-0.15, -0.1) is 11.3 Å². The summed E-state index contributed by atoms with van der Waals surface area (Å²) in [7, 11) is 3.27. The maximum atomic E-state index is 9.94. The summed E-state index contributed by atoms with van der Waals surface area (Å²) in [6.07, 6.45) is 3.17. The Morgan fingerprint density at radius 3 is 2.91 bits per heavy atom. The molecular weight excluding hydrogens is 314 g/mol. The third kappa shape index (κ3) is 3.04. The molecule has 0 aliphatic carbocycles.